The predicted molar refractivity (Wildman–Crippen MR) is 249 cm³/mol. The standard InChI is InChI=1S/C58H45N/c1-2-19-42-34-36-43(37-35-42)45-22-18-27-48(40-45)59(57-33-17-15-31-54(57)51-29-13-12-28-50(51)44-20-6-3-7-21-44)49-38-39-53-52-30-14-16-32-55(52)58(56(53)41-49,46-23-8-4-9-24-46)47-25-10-5-11-26-47/h3-18,20-41H,2,19H2,1H3. The fourth-order valence-corrected chi connectivity index (χ4v) is 9.46. The summed E-state index contributed by atoms with van der Waals surface area (Å²) in [4.78, 5) is 2.48. The molecule has 0 saturated carbocycles. The van der Waals surface area contributed by atoms with E-state index in [2.05, 4.69) is 242 Å². The summed E-state index contributed by atoms with van der Waals surface area (Å²) in [6, 6.07) is 85.0. The fraction of sp³-hybridized carbons (Fsp3) is 0.0690. The van der Waals surface area contributed by atoms with Crippen LogP contribution in [0.3, 0.4) is 0 Å². The maximum atomic E-state index is 2.48. The van der Waals surface area contributed by atoms with Gasteiger partial charge in [-0.3, -0.25) is 0 Å². The highest BCUT2D eigenvalue weighted by Crippen LogP contribution is 2.57. The van der Waals surface area contributed by atoms with Crippen LogP contribution < -0.4 is 4.90 Å². The van der Waals surface area contributed by atoms with Crippen LogP contribution in [0.15, 0.2) is 231 Å². The summed E-state index contributed by atoms with van der Waals surface area (Å²) in [6.07, 6.45) is 2.23. The highest BCUT2D eigenvalue weighted by molar-refractivity contribution is 5.96. The van der Waals surface area contributed by atoms with Crippen LogP contribution in [0.1, 0.15) is 41.2 Å². The maximum absolute atomic E-state index is 2.48. The fourth-order valence-electron chi connectivity index (χ4n) is 9.46. The summed E-state index contributed by atoms with van der Waals surface area (Å²) in [5, 5.41) is 0. The molecule has 0 atom stereocenters. The van der Waals surface area contributed by atoms with Crippen molar-refractivity contribution in [1.82, 2.24) is 0 Å². The number of nitrogens with zero attached hydrogens (tertiary/aromatic N) is 1. The molecule has 9 aromatic rings. The lowest BCUT2D eigenvalue weighted by Crippen LogP contribution is -2.28. The van der Waals surface area contributed by atoms with E-state index in [-0.39, 0.29) is 0 Å². The van der Waals surface area contributed by atoms with Gasteiger partial charge in [-0.2, -0.15) is 0 Å². The molecule has 0 aliphatic heterocycles. The van der Waals surface area contributed by atoms with E-state index < -0.39 is 5.41 Å². The Kier molecular flexibility index (Phi) is 9.56. The summed E-state index contributed by atoms with van der Waals surface area (Å²) in [5.41, 5.74) is 19.0. The molecule has 0 saturated heterocycles. The Balaban J connectivity index is 1.23. The van der Waals surface area contributed by atoms with Gasteiger partial charge in [0.05, 0.1) is 11.1 Å². The Hall–Kier alpha value is -7.22. The number of aryl methyl sites for hydroxylation is 1. The molecule has 1 nitrogen and oxygen atoms in total. The number of hydrogen-bond donors (Lipinski definition) is 0. The molecule has 0 radical (unpaired) electrons. The summed E-state index contributed by atoms with van der Waals surface area (Å²) < 4.78 is 0. The first-order chi connectivity index (χ1) is 29.2. The second kappa shape index (κ2) is 15.6. The van der Waals surface area contributed by atoms with Gasteiger partial charge in [-0.15, -0.1) is 0 Å². The first-order valence-electron chi connectivity index (χ1n) is 20.8. The number of anilines is 3. The molecule has 0 aromatic heterocycles. The number of para-hydroxylation sites is 1. The minimum Gasteiger partial charge on any atom is -0.310 e. The molecular weight excluding hydrogens is 711 g/mol. The number of fused-ring (bicyclic) bond motifs is 3. The summed E-state index contributed by atoms with van der Waals surface area (Å²) in [6.45, 7) is 2.24. The van der Waals surface area contributed by atoms with Crippen LogP contribution in [-0.4, -0.2) is 0 Å². The second-order valence-corrected chi connectivity index (χ2v) is 15.5. The smallest absolute Gasteiger partial charge is 0.0714 e. The minimum absolute atomic E-state index is 0.516. The number of benzene rings is 9. The lowest BCUT2D eigenvalue weighted by Gasteiger charge is -2.35. The summed E-state index contributed by atoms with van der Waals surface area (Å²) >= 11 is 0. The van der Waals surface area contributed by atoms with Crippen LogP contribution in [0, 0.1) is 0 Å². The first kappa shape index (κ1) is 36.1. The Morgan fingerprint density at radius 1 is 0.356 bits per heavy atom. The molecule has 0 N–H and O–H groups in total. The molecule has 9 aromatic carbocycles. The monoisotopic (exact) mass is 755 g/mol. The van der Waals surface area contributed by atoms with Gasteiger partial charge in [-0.25, -0.2) is 0 Å². The second-order valence-electron chi connectivity index (χ2n) is 15.5. The molecular formula is C58H45N. The van der Waals surface area contributed by atoms with Crippen LogP contribution in [0.25, 0.3) is 44.5 Å². The van der Waals surface area contributed by atoms with Crippen molar-refractivity contribution < 1.29 is 0 Å². The van der Waals surface area contributed by atoms with Gasteiger partial charge >= 0.3 is 0 Å². The molecule has 0 bridgehead atoms. The molecule has 1 aliphatic rings. The molecule has 0 fully saturated rings. The van der Waals surface area contributed by atoms with E-state index in [1.54, 1.807) is 0 Å². The van der Waals surface area contributed by atoms with Crippen molar-refractivity contribution in [3.8, 4) is 44.5 Å². The number of hydrogen-bond acceptors (Lipinski definition) is 1. The largest absolute Gasteiger partial charge is 0.310 e. The van der Waals surface area contributed by atoms with Crippen molar-refractivity contribution in [3.05, 3.63) is 258 Å². The van der Waals surface area contributed by atoms with E-state index >= 15 is 0 Å². The molecule has 0 amide bonds. The highest BCUT2D eigenvalue weighted by Gasteiger charge is 2.46. The summed E-state index contributed by atoms with van der Waals surface area (Å²) in [7, 11) is 0. The Morgan fingerprint density at radius 3 is 1.59 bits per heavy atom. The van der Waals surface area contributed by atoms with Crippen LogP contribution in [0.5, 0.6) is 0 Å². The van der Waals surface area contributed by atoms with Gasteiger partial charge in [-0.1, -0.05) is 214 Å². The zero-order valence-electron chi connectivity index (χ0n) is 33.3. The molecule has 59 heavy (non-hydrogen) atoms. The van der Waals surface area contributed by atoms with Gasteiger partial charge in [0.15, 0.2) is 0 Å². The molecule has 0 unspecified atom stereocenters. The number of rotatable bonds is 10. The Bertz CT molecular complexity index is 2840. The van der Waals surface area contributed by atoms with Gasteiger partial charge in [0, 0.05) is 16.9 Å². The van der Waals surface area contributed by atoms with Gasteiger partial charge in [0.25, 0.3) is 0 Å². The summed E-state index contributed by atoms with van der Waals surface area (Å²) in [5.74, 6) is 0. The lowest BCUT2D eigenvalue weighted by atomic mass is 9.67. The van der Waals surface area contributed by atoms with Gasteiger partial charge in [0.1, 0.15) is 0 Å². The van der Waals surface area contributed by atoms with E-state index in [9.17, 15) is 0 Å². The van der Waals surface area contributed by atoms with Crippen molar-refractivity contribution in [3.63, 3.8) is 0 Å². The first-order valence-corrected chi connectivity index (χ1v) is 20.8. The van der Waals surface area contributed by atoms with Crippen molar-refractivity contribution in [2.75, 3.05) is 4.90 Å². The minimum atomic E-state index is -0.516. The molecule has 1 aliphatic carbocycles. The third kappa shape index (κ3) is 6.37. The van der Waals surface area contributed by atoms with Crippen molar-refractivity contribution in [2.45, 2.75) is 25.2 Å². The van der Waals surface area contributed by atoms with Gasteiger partial charge < -0.3 is 4.90 Å². The highest BCUT2D eigenvalue weighted by atomic mass is 15.1. The SMILES string of the molecule is CCCc1ccc(-c2cccc(N(c3ccc4c(c3)C(c3ccccc3)(c3ccccc3)c3ccccc3-4)c3ccccc3-c3ccccc3-c3ccccc3)c2)cc1. The van der Waals surface area contributed by atoms with Crippen LogP contribution in [0.2, 0.25) is 0 Å². The molecule has 10 rings (SSSR count). The Labute approximate surface area is 348 Å². The van der Waals surface area contributed by atoms with Gasteiger partial charge in [0.2, 0.25) is 0 Å². The normalized spacial score (nSPS) is 12.4. The van der Waals surface area contributed by atoms with E-state index in [0.717, 1.165) is 29.9 Å². The van der Waals surface area contributed by atoms with Crippen LogP contribution in [-0.2, 0) is 11.8 Å². The van der Waals surface area contributed by atoms with Crippen molar-refractivity contribution >= 4 is 17.1 Å². The zero-order valence-corrected chi connectivity index (χ0v) is 33.3. The van der Waals surface area contributed by atoms with Gasteiger partial charge in [-0.05, 0) is 104 Å². The topological polar surface area (TPSA) is 3.24 Å². The van der Waals surface area contributed by atoms with E-state index in [1.165, 1.54) is 72.3 Å². The lowest BCUT2D eigenvalue weighted by molar-refractivity contribution is 0.768. The predicted octanol–water partition coefficient (Wildman–Crippen LogP) is 15.5. The third-order valence-electron chi connectivity index (χ3n) is 12.1. The average Bonchev–Trinajstić information content (AvgIpc) is 3.61. The molecule has 0 heterocycles. The van der Waals surface area contributed by atoms with Crippen molar-refractivity contribution in [2.24, 2.45) is 0 Å². The van der Waals surface area contributed by atoms with Crippen LogP contribution >= 0.6 is 0 Å². The van der Waals surface area contributed by atoms with Crippen LogP contribution in [0.4, 0.5) is 17.1 Å². The Morgan fingerprint density at radius 2 is 0.898 bits per heavy atom. The molecule has 0 spiro atoms. The van der Waals surface area contributed by atoms with E-state index in [4.69, 9.17) is 0 Å². The maximum Gasteiger partial charge on any atom is 0.0714 e. The molecule has 282 valence electrons. The quantitative estimate of drug-likeness (QED) is 0.134. The third-order valence-corrected chi connectivity index (χ3v) is 12.1. The van der Waals surface area contributed by atoms with E-state index in [0.29, 0.717) is 0 Å². The van der Waals surface area contributed by atoms with Crippen molar-refractivity contribution in [1.29, 1.82) is 0 Å². The molecule has 1 heteroatoms. The average molecular weight is 756 g/mol. The van der Waals surface area contributed by atoms with E-state index in [1.807, 2.05) is 0 Å². The zero-order chi connectivity index (χ0) is 39.6.